The molecule has 0 radical (unpaired) electrons. The fourth-order valence-electron chi connectivity index (χ4n) is 2.31. The first-order chi connectivity index (χ1) is 9.25. The number of ether oxygens (including phenoxy) is 1. The van der Waals surface area contributed by atoms with Gasteiger partial charge in [-0.1, -0.05) is 13.8 Å². The van der Waals surface area contributed by atoms with Crippen LogP contribution in [0.15, 0.2) is 10.6 Å². The first-order valence-electron chi connectivity index (χ1n) is 7.52. The average molecular weight is 266 g/mol. The van der Waals surface area contributed by atoms with Crippen molar-refractivity contribution < 1.29 is 9.15 Å². The Balaban J connectivity index is 1.68. The summed E-state index contributed by atoms with van der Waals surface area (Å²) in [6, 6.07) is 0. The van der Waals surface area contributed by atoms with Crippen LogP contribution < -0.4 is 5.32 Å². The molecule has 1 aromatic heterocycles. The molecule has 4 nitrogen and oxygen atoms in total. The molecule has 0 bridgehead atoms. The van der Waals surface area contributed by atoms with E-state index in [1.807, 2.05) is 6.20 Å². The third-order valence-electron chi connectivity index (χ3n) is 3.37. The largest absolute Gasteiger partial charge is 0.443 e. The lowest BCUT2D eigenvalue weighted by atomic mass is 10.1. The van der Waals surface area contributed by atoms with Gasteiger partial charge in [0.25, 0.3) is 0 Å². The van der Waals surface area contributed by atoms with Gasteiger partial charge in [-0.15, -0.1) is 0 Å². The van der Waals surface area contributed by atoms with E-state index < -0.39 is 0 Å². The molecule has 19 heavy (non-hydrogen) atoms. The Bertz CT molecular complexity index is 357. The molecular weight excluding hydrogens is 240 g/mol. The summed E-state index contributed by atoms with van der Waals surface area (Å²) in [7, 11) is 0. The molecule has 1 fully saturated rings. The van der Waals surface area contributed by atoms with Crippen molar-refractivity contribution in [1.29, 1.82) is 0 Å². The second-order valence-corrected chi connectivity index (χ2v) is 5.71. The van der Waals surface area contributed by atoms with Gasteiger partial charge in [0.2, 0.25) is 0 Å². The summed E-state index contributed by atoms with van der Waals surface area (Å²) in [4.78, 5) is 4.35. The number of hydrogen-bond donors (Lipinski definition) is 1. The fourth-order valence-corrected chi connectivity index (χ4v) is 2.31. The SMILES string of the molecule is CC(C)CNCCCc1ncc(C2CCCCO2)o1. The molecular formula is C15H26N2O2. The summed E-state index contributed by atoms with van der Waals surface area (Å²) in [5.74, 6) is 2.46. The molecule has 0 saturated carbocycles. The van der Waals surface area contributed by atoms with Crippen LogP contribution in [0.25, 0.3) is 0 Å². The van der Waals surface area contributed by atoms with Crippen LogP contribution in [-0.2, 0) is 11.2 Å². The maximum Gasteiger partial charge on any atom is 0.194 e. The number of aromatic nitrogens is 1. The lowest BCUT2D eigenvalue weighted by molar-refractivity contribution is 0.00127. The number of nitrogens with one attached hydrogen (secondary N) is 1. The van der Waals surface area contributed by atoms with E-state index in [-0.39, 0.29) is 6.10 Å². The molecule has 2 rings (SSSR count). The van der Waals surface area contributed by atoms with Gasteiger partial charge in [-0.3, -0.25) is 0 Å². The molecule has 108 valence electrons. The zero-order valence-corrected chi connectivity index (χ0v) is 12.2. The highest BCUT2D eigenvalue weighted by molar-refractivity contribution is 4.99. The van der Waals surface area contributed by atoms with Crippen LogP contribution in [0.2, 0.25) is 0 Å². The van der Waals surface area contributed by atoms with Crippen LogP contribution in [0.1, 0.15) is 57.3 Å². The zero-order valence-electron chi connectivity index (χ0n) is 12.2. The number of aryl methyl sites for hydroxylation is 1. The molecule has 1 aromatic rings. The molecule has 1 atom stereocenters. The molecule has 0 aromatic carbocycles. The van der Waals surface area contributed by atoms with E-state index in [1.165, 1.54) is 12.8 Å². The van der Waals surface area contributed by atoms with Gasteiger partial charge in [-0.05, 0) is 44.7 Å². The molecule has 0 spiro atoms. The third-order valence-corrected chi connectivity index (χ3v) is 3.37. The highest BCUT2D eigenvalue weighted by Crippen LogP contribution is 2.28. The molecule has 4 heteroatoms. The van der Waals surface area contributed by atoms with Crippen molar-refractivity contribution in [1.82, 2.24) is 10.3 Å². The van der Waals surface area contributed by atoms with Crippen LogP contribution in [0.4, 0.5) is 0 Å². The van der Waals surface area contributed by atoms with Crippen LogP contribution in [-0.4, -0.2) is 24.7 Å². The van der Waals surface area contributed by atoms with Crippen LogP contribution in [0.3, 0.4) is 0 Å². The van der Waals surface area contributed by atoms with E-state index in [9.17, 15) is 0 Å². The minimum Gasteiger partial charge on any atom is -0.443 e. The van der Waals surface area contributed by atoms with Gasteiger partial charge in [0, 0.05) is 13.0 Å². The lowest BCUT2D eigenvalue weighted by Gasteiger charge is -2.19. The maximum absolute atomic E-state index is 5.79. The Kier molecular flexibility index (Phi) is 5.86. The molecule has 1 aliphatic rings. The Morgan fingerprint density at radius 1 is 1.42 bits per heavy atom. The first-order valence-corrected chi connectivity index (χ1v) is 7.52. The highest BCUT2D eigenvalue weighted by atomic mass is 16.5. The molecule has 1 unspecified atom stereocenters. The average Bonchev–Trinajstić information content (AvgIpc) is 2.88. The molecule has 1 aliphatic heterocycles. The summed E-state index contributed by atoms with van der Waals surface area (Å²) in [5.41, 5.74) is 0. The standard InChI is InChI=1S/C15H26N2O2/c1-12(2)10-16-8-5-7-15-17-11-14(19-15)13-6-3-4-9-18-13/h11-13,16H,3-10H2,1-2H3. The molecule has 1 N–H and O–H groups in total. The Morgan fingerprint density at radius 2 is 2.32 bits per heavy atom. The minimum absolute atomic E-state index is 0.133. The van der Waals surface area contributed by atoms with Gasteiger partial charge < -0.3 is 14.5 Å². The van der Waals surface area contributed by atoms with Gasteiger partial charge in [-0.25, -0.2) is 4.98 Å². The van der Waals surface area contributed by atoms with Crippen molar-refractivity contribution in [2.24, 2.45) is 5.92 Å². The second kappa shape index (κ2) is 7.65. The van der Waals surface area contributed by atoms with Crippen molar-refractivity contribution in [3.8, 4) is 0 Å². The topological polar surface area (TPSA) is 47.3 Å². The van der Waals surface area contributed by atoms with E-state index in [2.05, 4.69) is 24.1 Å². The number of oxazole rings is 1. The van der Waals surface area contributed by atoms with E-state index in [0.717, 1.165) is 50.6 Å². The number of rotatable bonds is 7. The van der Waals surface area contributed by atoms with Gasteiger partial charge in [-0.2, -0.15) is 0 Å². The predicted molar refractivity (Wildman–Crippen MR) is 75.1 cm³/mol. The minimum atomic E-state index is 0.133. The van der Waals surface area contributed by atoms with E-state index in [1.54, 1.807) is 0 Å². The van der Waals surface area contributed by atoms with Crippen molar-refractivity contribution in [2.75, 3.05) is 19.7 Å². The summed E-state index contributed by atoms with van der Waals surface area (Å²) in [6.45, 7) is 7.39. The Hall–Kier alpha value is -0.870. The molecule has 0 aliphatic carbocycles. The van der Waals surface area contributed by atoms with Gasteiger partial charge in [0.1, 0.15) is 6.10 Å². The number of nitrogens with zero attached hydrogens (tertiary/aromatic N) is 1. The monoisotopic (exact) mass is 266 g/mol. The predicted octanol–water partition coefficient (Wildman–Crippen LogP) is 3.09. The van der Waals surface area contributed by atoms with Crippen molar-refractivity contribution in [2.45, 2.75) is 52.1 Å². The van der Waals surface area contributed by atoms with Crippen molar-refractivity contribution in [3.05, 3.63) is 17.8 Å². The van der Waals surface area contributed by atoms with E-state index >= 15 is 0 Å². The summed E-state index contributed by atoms with van der Waals surface area (Å²) in [5, 5.41) is 3.43. The van der Waals surface area contributed by atoms with Crippen molar-refractivity contribution in [3.63, 3.8) is 0 Å². The first kappa shape index (κ1) is 14.5. The van der Waals surface area contributed by atoms with Gasteiger partial charge in [0.15, 0.2) is 11.7 Å². The highest BCUT2D eigenvalue weighted by Gasteiger charge is 2.19. The van der Waals surface area contributed by atoms with E-state index in [0.29, 0.717) is 5.92 Å². The van der Waals surface area contributed by atoms with Gasteiger partial charge >= 0.3 is 0 Å². The van der Waals surface area contributed by atoms with Crippen LogP contribution in [0.5, 0.6) is 0 Å². The Labute approximate surface area is 115 Å². The molecule has 0 amide bonds. The van der Waals surface area contributed by atoms with Crippen LogP contribution in [0, 0.1) is 5.92 Å². The lowest BCUT2D eigenvalue weighted by Crippen LogP contribution is -2.21. The normalized spacial score (nSPS) is 20.1. The third kappa shape index (κ3) is 4.96. The maximum atomic E-state index is 5.79. The quantitative estimate of drug-likeness (QED) is 0.770. The summed E-state index contributed by atoms with van der Waals surface area (Å²) in [6.07, 6.45) is 7.39. The van der Waals surface area contributed by atoms with Crippen molar-refractivity contribution >= 4 is 0 Å². The molecule has 2 heterocycles. The smallest absolute Gasteiger partial charge is 0.194 e. The number of hydrogen-bond acceptors (Lipinski definition) is 4. The Morgan fingerprint density at radius 3 is 3.05 bits per heavy atom. The molecule has 1 saturated heterocycles. The van der Waals surface area contributed by atoms with Gasteiger partial charge in [0.05, 0.1) is 6.20 Å². The fraction of sp³-hybridized carbons (Fsp3) is 0.800. The summed E-state index contributed by atoms with van der Waals surface area (Å²) >= 11 is 0. The van der Waals surface area contributed by atoms with E-state index in [4.69, 9.17) is 9.15 Å². The zero-order chi connectivity index (χ0) is 13.5. The van der Waals surface area contributed by atoms with Crippen LogP contribution >= 0.6 is 0 Å². The second-order valence-electron chi connectivity index (χ2n) is 5.71. The summed E-state index contributed by atoms with van der Waals surface area (Å²) < 4.78 is 11.5.